The zero-order valence-electron chi connectivity index (χ0n) is 13.3. The van der Waals surface area contributed by atoms with Crippen LogP contribution < -0.4 is 10.1 Å². The van der Waals surface area contributed by atoms with Crippen molar-refractivity contribution in [2.24, 2.45) is 0 Å². The standard InChI is InChI=1S/C18H20F3NO2/c1-13(15-7-3-4-8-16(15)18(19,20)21)22-12-14-6-2-5-9-17(14)24-11-10-23/h2-9,13,22-23H,10-12H2,1H3. The first kappa shape index (κ1) is 18.3. The second-order valence-electron chi connectivity index (χ2n) is 5.37. The molecule has 1 atom stereocenters. The highest BCUT2D eigenvalue weighted by molar-refractivity contribution is 5.35. The summed E-state index contributed by atoms with van der Waals surface area (Å²) in [4.78, 5) is 0. The van der Waals surface area contributed by atoms with Gasteiger partial charge in [0.2, 0.25) is 0 Å². The number of hydrogen-bond donors (Lipinski definition) is 2. The summed E-state index contributed by atoms with van der Waals surface area (Å²) in [6.07, 6.45) is -4.38. The van der Waals surface area contributed by atoms with E-state index in [0.29, 0.717) is 12.3 Å². The van der Waals surface area contributed by atoms with Crippen molar-refractivity contribution in [2.45, 2.75) is 25.7 Å². The summed E-state index contributed by atoms with van der Waals surface area (Å²) in [7, 11) is 0. The number of aliphatic hydroxyl groups excluding tert-OH is 1. The van der Waals surface area contributed by atoms with E-state index in [-0.39, 0.29) is 18.8 Å². The highest BCUT2D eigenvalue weighted by atomic mass is 19.4. The molecule has 0 aliphatic carbocycles. The Labute approximate surface area is 139 Å². The molecule has 3 nitrogen and oxygen atoms in total. The molecule has 2 N–H and O–H groups in total. The first-order chi connectivity index (χ1) is 11.4. The van der Waals surface area contributed by atoms with Crippen LogP contribution in [-0.4, -0.2) is 18.3 Å². The van der Waals surface area contributed by atoms with E-state index in [1.807, 2.05) is 12.1 Å². The smallest absolute Gasteiger partial charge is 0.416 e. The van der Waals surface area contributed by atoms with Crippen molar-refractivity contribution < 1.29 is 23.0 Å². The molecule has 1 unspecified atom stereocenters. The van der Waals surface area contributed by atoms with Crippen LogP contribution in [0.3, 0.4) is 0 Å². The predicted octanol–water partition coefficient (Wildman–Crippen LogP) is 3.93. The van der Waals surface area contributed by atoms with E-state index in [9.17, 15) is 13.2 Å². The van der Waals surface area contributed by atoms with Gasteiger partial charge in [-0.25, -0.2) is 0 Å². The predicted molar refractivity (Wildman–Crippen MR) is 85.7 cm³/mol. The largest absolute Gasteiger partial charge is 0.491 e. The Kier molecular flexibility index (Phi) is 6.23. The Bertz CT molecular complexity index is 659. The molecule has 2 aromatic carbocycles. The average Bonchev–Trinajstić information content (AvgIpc) is 2.57. The van der Waals surface area contributed by atoms with Crippen LogP contribution in [-0.2, 0) is 12.7 Å². The highest BCUT2D eigenvalue weighted by Gasteiger charge is 2.34. The fourth-order valence-electron chi connectivity index (χ4n) is 2.45. The third-order valence-electron chi connectivity index (χ3n) is 3.65. The molecule has 0 radical (unpaired) electrons. The number of nitrogens with one attached hydrogen (secondary N) is 1. The maximum Gasteiger partial charge on any atom is 0.416 e. The quantitative estimate of drug-likeness (QED) is 0.803. The van der Waals surface area contributed by atoms with Crippen molar-refractivity contribution in [1.82, 2.24) is 5.32 Å². The van der Waals surface area contributed by atoms with E-state index in [1.54, 1.807) is 25.1 Å². The molecule has 2 aromatic rings. The Hall–Kier alpha value is -2.05. The van der Waals surface area contributed by atoms with Gasteiger partial charge in [-0.15, -0.1) is 0 Å². The van der Waals surface area contributed by atoms with Crippen LogP contribution in [0.1, 0.15) is 29.7 Å². The minimum Gasteiger partial charge on any atom is -0.491 e. The second kappa shape index (κ2) is 8.17. The number of benzene rings is 2. The minimum absolute atomic E-state index is 0.100. The average molecular weight is 339 g/mol. The van der Waals surface area contributed by atoms with Gasteiger partial charge in [-0.2, -0.15) is 13.2 Å². The number of rotatable bonds is 7. The van der Waals surface area contributed by atoms with Crippen LogP contribution in [0, 0.1) is 0 Å². The molecule has 0 heterocycles. The van der Waals surface area contributed by atoms with Crippen LogP contribution in [0.25, 0.3) is 0 Å². The minimum atomic E-state index is -4.38. The molecule has 0 spiro atoms. The molecule has 6 heteroatoms. The molecule has 24 heavy (non-hydrogen) atoms. The molecular formula is C18H20F3NO2. The lowest BCUT2D eigenvalue weighted by molar-refractivity contribution is -0.138. The molecule has 0 saturated heterocycles. The SMILES string of the molecule is CC(NCc1ccccc1OCCO)c1ccccc1C(F)(F)F. The van der Waals surface area contributed by atoms with E-state index in [0.717, 1.165) is 11.6 Å². The molecule has 0 saturated carbocycles. The first-order valence-electron chi connectivity index (χ1n) is 7.64. The van der Waals surface area contributed by atoms with Crippen molar-refractivity contribution in [3.63, 3.8) is 0 Å². The van der Waals surface area contributed by atoms with Gasteiger partial charge in [0, 0.05) is 18.2 Å². The van der Waals surface area contributed by atoms with Crippen molar-refractivity contribution in [3.8, 4) is 5.75 Å². The van der Waals surface area contributed by atoms with Crippen LogP contribution in [0.5, 0.6) is 5.75 Å². The van der Waals surface area contributed by atoms with Crippen molar-refractivity contribution >= 4 is 0 Å². The summed E-state index contributed by atoms with van der Waals surface area (Å²) in [5.41, 5.74) is 0.399. The van der Waals surface area contributed by atoms with E-state index < -0.39 is 17.8 Å². The molecule has 0 aliphatic heterocycles. The first-order valence-corrected chi connectivity index (χ1v) is 7.64. The van der Waals surface area contributed by atoms with Gasteiger partial charge < -0.3 is 15.2 Å². The highest BCUT2D eigenvalue weighted by Crippen LogP contribution is 2.34. The summed E-state index contributed by atoms with van der Waals surface area (Å²) in [5.74, 6) is 0.607. The maximum atomic E-state index is 13.1. The van der Waals surface area contributed by atoms with Crippen molar-refractivity contribution in [2.75, 3.05) is 13.2 Å². The molecule has 130 valence electrons. The fraction of sp³-hybridized carbons (Fsp3) is 0.333. The molecule has 0 aromatic heterocycles. The number of aliphatic hydroxyl groups is 1. The van der Waals surface area contributed by atoms with Crippen LogP contribution in [0.4, 0.5) is 13.2 Å². The topological polar surface area (TPSA) is 41.5 Å². The van der Waals surface area contributed by atoms with Gasteiger partial charge in [-0.1, -0.05) is 36.4 Å². The summed E-state index contributed by atoms with van der Waals surface area (Å²) >= 11 is 0. The number of para-hydroxylation sites is 1. The van der Waals surface area contributed by atoms with Crippen molar-refractivity contribution in [3.05, 3.63) is 65.2 Å². The van der Waals surface area contributed by atoms with Gasteiger partial charge in [-0.05, 0) is 24.6 Å². The lowest BCUT2D eigenvalue weighted by Gasteiger charge is -2.20. The second-order valence-corrected chi connectivity index (χ2v) is 5.37. The number of ether oxygens (including phenoxy) is 1. The van der Waals surface area contributed by atoms with E-state index >= 15 is 0 Å². The number of hydrogen-bond acceptors (Lipinski definition) is 3. The van der Waals surface area contributed by atoms with Gasteiger partial charge in [0.25, 0.3) is 0 Å². The summed E-state index contributed by atoms with van der Waals surface area (Å²) in [6.45, 7) is 2.12. The van der Waals surface area contributed by atoms with Crippen molar-refractivity contribution in [1.29, 1.82) is 0 Å². The lowest BCUT2D eigenvalue weighted by atomic mass is 10.0. The monoisotopic (exact) mass is 339 g/mol. The number of halogens is 3. The molecule has 0 fully saturated rings. The van der Waals surface area contributed by atoms with Crippen LogP contribution in [0.2, 0.25) is 0 Å². The Morgan fingerprint density at radius 3 is 2.46 bits per heavy atom. The normalized spacial score (nSPS) is 12.9. The Balaban J connectivity index is 2.11. The van der Waals surface area contributed by atoms with Gasteiger partial charge in [0.05, 0.1) is 12.2 Å². The molecule has 2 rings (SSSR count). The summed E-state index contributed by atoms with van der Waals surface area (Å²) in [6, 6.07) is 12.3. The molecule has 0 amide bonds. The van der Waals surface area contributed by atoms with E-state index in [4.69, 9.17) is 9.84 Å². The molecule has 0 bridgehead atoms. The van der Waals surface area contributed by atoms with Crippen LogP contribution >= 0.6 is 0 Å². The lowest BCUT2D eigenvalue weighted by Crippen LogP contribution is -2.22. The van der Waals surface area contributed by atoms with E-state index in [2.05, 4.69) is 5.32 Å². The Morgan fingerprint density at radius 2 is 1.75 bits per heavy atom. The van der Waals surface area contributed by atoms with Crippen LogP contribution in [0.15, 0.2) is 48.5 Å². The molecular weight excluding hydrogens is 319 g/mol. The Morgan fingerprint density at radius 1 is 1.08 bits per heavy atom. The summed E-state index contributed by atoms with van der Waals surface area (Å²) in [5, 5.41) is 11.9. The van der Waals surface area contributed by atoms with E-state index in [1.165, 1.54) is 12.1 Å². The number of alkyl halides is 3. The van der Waals surface area contributed by atoms with Gasteiger partial charge in [0.15, 0.2) is 0 Å². The third kappa shape index (κ3) is 4.72. The zero-order valence-corrected chi connectivity index (χ0v) is 13.3. The maximum absolute atomic E-state index is 13.1. The third-order valence-corrected chi connectivity index (χ3v) is 3.65. The zero-order chi connectivity index (χ0) is 17.6. The fourth-order valence-corrected chi connectivity index (χ4v) is 2.45. The molecule has 0 aliphatic rings. The van der Waals surface area contributed by atoms with Gasteiger partial charge in [-0.3, -0.25) is 0 Å². The summed E-state index contributed by atoms with van der Waals surface area (Å²) < 4.78 is 44.7. The van der Waals surface area contributed by atoms with Gasteiger partial charge in [0.1, 0.15) is 12.4 Å². The van der Waals surface area contributed by atoms with Gasteiger partial charge >= 0.3 is 6.18 Å².